The Kier molecular flexibility index (Phi) is 4.91. The summed E-state index contributed by atoms with van der Waals surface area (Å²) in [4.78, 5) is 22.9. The van der Waals surface area contributed by atoms with Crippen LogP contribution in [0.5, 0.6) is 0 Å². The molecule has 2 heterocycles. The number of aliphatic carboxylic acids is 1. The Bertz CT molecular complexity index is 577. The van der Waals surface area contributed by atoms with E-state index in [0.717, 1.165) is 5.69 Å². The molecule has 2 aromatic rings. The van der Waals surface area contributed by atoms with Gasteiger partial charge in [0.25, 0.3) is 5.91 Å². The SMILES string of the molecule is O=C(O)COCCNC(=O)c1sccc1-n1cccc1. The van der Waals surface area contributed by atoms with Gasteiger partial charge >= 0.3 is 5.97 Å². The number of ether oxygens (including phenoxy) is 1. The quantitative estimate of drug-likeness (QED) is 0.756. The highest BCUT2D eigenvalue weighted by atomic mass is 32.1. The summed E-state index contributed by atoms with van der Waals surface area (Å²) in [5.74, 6) is -1.22. The van der Waals surface area contributed by atoms with Gasteiger partial charge in [-0.1, -0.05) is 0 Å². The first-order chi connectivity index (χ1) is 9.68. The Balaban J connectivity index is 1.87. The van der Waals surface area contributed by atoms with Gasteiger partial charge in [0.05, 0.1) is 12.3 Å². The van der Waals surface area contributed by atoms with Crippen LogP contribution in [-0.2, 0) is 9.53 Å². The zero-order valence-corrected chi connectivity index (χ0v) is 11.4. The number of carboxylic acid groups (broad SMARTS) is 1. The number of aromatic nitrogens is 1. The number of carbonyl (C=O) groups excluding carboxylic acids is 1. The Morgan fingerprint density at radius 2 is 2.10 bits per heavy atom. The van der Waals surface area contributed by atoms with Gasteiger partial charge < -0.3 is 19.7 Å². The molecule has 106 valence electrons. The molecule has 6 nitrogen and oxygen atoms in total. The van der Waals surface area contributed by atoms with E-state index in [1.807, 2.05) is 40.5 Å². The molecule has 0 saturated heterocycles. The lowest BCUT2D eigenvalue weighted by molar-refractivity contribution is -0.142. The molecule has 0 aromatic carbocycles. The molecular formula is C13H14N2O4S. The second kappa shape index (κ2) is 6.88. The van der Waals surface area contributed by atoms with Crippen molar-refractivity contribution in [2.75, 3.05) is 19.8 Å². The Morgan fingerprint density at radius 1 is 1.35 bits per heavy atom. The number of hydrogen-bond donors (Lipinski definition) is 2. The van der Waals surface area contributed by atoms with E-state index in [4.69, 9.17) is 9.84 Å². The van der Waals surface area contributed by atoms with E-state index < -0.39 is 5.97 Å². The molecular weight excluding hydrogens is 280 g/mol. The molecule has 1 amide bonds. The minimum atomic E-state index is -1.02. The van der Waals surface area contributed by atoms with Crippen LogP contribution in [0.25, 0.3) is 5.69 Å². The van der Waals surface area contributed by atoms with Gasteiger partial charge in [0.2, 0.25) is 0 Å². The van der Waals surface area contributed by atoms with Crippen LogP contribution in [-0.4, -0.2) is 41.3 Å². The molecule has 0 aliphatic rings. The van der Waals surface area contributed by atoms with Crippen LogP contribution in [0.3, 0.4) is 0 Å². The molecule has 0 aliphatic carbocycles. The number of thiophene rings is 1. The van der Waals surface area contributed by atoms with Crippen molar-refractivity contribution >= 4 is 23.2 Å². The van der Waals surface area contributed by atoms with Gasteiger partial charge in [-0.25, -0.2) is 4.79 Å². The summed E-state index contributed by atoms with van der Waals surface area (Å²) in [5, 5.41) is 13.0. The molecule has 0 atom stereocenters. The van der Waals surface area contributed by atoms with Crippen LogP contribution in [0.4, 0.5) is 0 Å². The fourth-order valence-corrected chi connectivity index (χ4v) is 2.45. The van der Waals surface area contributed by atoms with E-state index in [0.29, 0.717) is 4.88 Å². The summed E-state index contributed by atoms with van der Waals surface area (Å²) in [5.41, 5.74) is 0.823. The number of nitrogens with one attached hydrogen (secondary N) is 1. The second-order valence-corrected chi connectivity index (χ2v) is 4.84. The van der Waals surface area contributed by atoms with Crippen LogP contribution in [0.2, 0.25) is 0 Å². The summed E-state index contributed by atoms with van der Waals surface area (Å²) in [6, 6.07) is 5.65. The predicted molar refractivity (Wildman–Crippen MR) is 74.4 cm³/mol. The average Bonchev–Trinajstić information content (AvgIpc) is 3.08. The third-order valence-electron chi connectivity index (χ3n) is 2.49. The first-order valence-corrected chi connectivity index (χ1v) is 6.85. The van der Waals surface area contributed by atoms with Gasteiger partial charge in [-0.3, -0.25) is 4.79 Å². The maximum absolute atomic E-state index is 12.0. The lowest BCUT2D eigenvalue weighted by Crippen LogP contribution is -2.28. The van der Waals surface area contributed by atoms with E-state index in [-0.39, 0.29) is 25.7 Å². The zero-order chi connectivity index (χ0) is 14.4. The van der Waals surface area contributed by atoms with Crippen molar-refractivity contribution in [3.8, 4) is 5.69 Å². The molecule has 0 saturated carbocycles. The van der Waals surface area contributed by atoms with Gasteiger partial charge in [0.15, 0.2) is 0 Å². The monoisotopic (exact) mass is 294 g/mol. The lowest BCUT2D eigenvalue weighted by atomic mass is 10.3. The average molecular weight is 294 g/mol. The van der Waals surface area contributed by atoms with Crippen LogP contribution >= 0.6 is 11.3 Å². The predicted octanol–water partition coefficient (Wildman–Crippen LogP) is 1.37. The molecule has 0 aliphatic heterocycles. The topological polar surface area (TPSA) is 80.6 Å². The zero-order valence-electron chi connectivity index (χ0n) is 10.6. The smallest absolute Gasteiger partial charge is 0.329 e. The van der Waals surface area contributed by atoms with Gasteiger partial charge in [0.1, 0.15) is 11.5 Å². The van der Waals surface area contributed by atoms with Crippen molar-refractivity contribution in [1.82, 2.24) is 9.88 Å². The van der Waals surface area contributed by atoms with E-state index in [1.54, 1.807) is 0 Å². The Hall–Kier alpha value is -2.12. The minimum Gasteiger partial charge on any atom is -0.480 e. The van der Waals surface area contributed by atoms with Crippen LogP contribution in [0, 0.1) is 0 Å². The molecule has 0 spiro atoms. The van der Waals surface area contributed by atoms with Crippen LogP contribution in [0.1, 0.15) is 9.67 Å². The lowest BCUT2D eigenvalue weighted by Gasteiger charge is -2.07. The van der Waals surface area contributed by atoms with Gasteiger partial charge in [0, 0.05) is 18.9 Å². The summed E-state index contributed by atoms with van der Waals surface area (Å²) in [7, 11) is 0. The van der Waals surface area contributed by atoms with Crippen molar-refractivity contribution in [2.45, 2.75) is 0 Å². The third kappa shape index (κ3) is 3.69. The van der Waals surface area contributed by atoms with Gasteiger partial charge in [-0.2, -0.15) is 0 Å². The third-order valence-corrected chi connectivity index (χ3v) is 3.39. The maximum atomic E-state index is 12.0. The molecule has 7 heteroatoms. The van der Waals surface area contributed by atoms with Gasteiger partial charge in [-0.15, -0.1) is 11.3 Å². The molecule has 2 rings (SSSR count). The van der Waals surface area contributed by atoms with E-state index in [2.05, 4.69) is 5.32 Å². The first-order valence-electron chi connectivity index (χ1n) is 5.97. The number of rotatable bonds is 7. The molecule has 2 aromatic heterocycles. The highest BCUT2D eigenvalue weighted by molar-refractivity contribution is 7.12. The molecule has 0 bridgehead atoms. The van der Waals surface area contributed by atoms with Crippen molar-refractivity contribution in [3.63, 3.8) is 0 Å². The Morgan fingerprint density at radius 3 is 2.80 bits per heavy atom. The normalized spacial score (nSPS) is 10.4. The molecule has 0 fully saturated rings. The number of amides is 1. The van der Waals surface area contributed by atoms with Crippen molar-refractivity contribution in [2.24, 2.45) is 0 Å². The first kappa shape index (κ1) is 14.3. The molecule has 0 unspecified atom stereocenters. The standard InChI is InChI=1S/C13H14N2O4S/c16-11(17)9-19-7-4-14-13(18)12-10(3-8-20-12)15-5-1-2-6-15/h1-3,5-6,8H,4,7,9H2,(H,14,18)(H,16,17). The summed E-state index contributed by atoms with van der Waals surface area (Å²) >= 11 is 1.36. The summed E-state index contributed by atoms with van der Waals surface area (Å²) < 4.78 is 6.72. The number of hydrogen-bond acceptors (Lipinski definition) is 4. The molecule has 2 N–H and O–H groups in total. The van der Waals surface area contributed by atoms with Crippen LogP contribution in [0.15, 0.2) is 36.0 Å². The summed E-state index contributed by atoms with van der Waals surface area (Å²) in [6.45, 7) is 0.0842. The van der Waals surface area contributed by atoms with Crippen LogP contribution < -0.4 is 5.32 Å². The Labute approximate surface area is 119 Å². The van der Waals surface area contributed by atoms with E-state index >= 15 is 0 Å². The fraction of sp³-hybridized carbons (Fsp3) is 0.231. The highest BCUT2D eigenvalue weighted by Crippen LogP contribution is 2.20. The van der Waals surface area contributed by atoms with Crippen molar-refractivity contribution in [1.29, 1.82) is 0 Å². The van der Waals surface area contributed by atoms with Gasteiger partial charge in [-0.05, 0) is 23.6 Å². The summed E-state index contributed by atoms with van der Waals surface area (Å²) in [6.07, 6.45) is 3.74. The van der Waals surface area contributed by atoms with Crippen molar-refractivity contribution < 1.29 is 19.4 Å². The number of carbonyl (C=O) groups is 2. The highest BCUT2D eigenvalue weighted by Gasteiger charge is 2.13. The second-order valence-electron chi connectivity index (χ2n) is 3.93. The van der Waals surface area contributed by atoms with Crippen molar-refractivity contribution in [3.05, 3.63) is 40.8 Å². The fourth-order valence-electron chi connectivity index (χ4n) is 1.65. The van der Waals surface area contributed by atoms with E-state index in [1.165, 1.54) is 11.3 Å². The molecule has 20 heavy (non-hydrogen) atoms. The largest absolute Gasteiger partial charge is 0.480 e. The number of carboxylic acids is 1. The van der Waals surface area contributed by atoms with E-state index in [9.17, 15) is 9.59 Å². The minimum absolute atomic E-state index is 0.169. The number of nitrogens with zero attached hydrogens (tertiary/aromatic N) is 1. The molecule has 0 radical (unpaired) electrons. The maximum Gasteiger partial charge on any atom is 0.329 e.